The molecule has 0 fully saturated rings. The average Bonchev–Trinajstić information content (AvgIpc) is 2.64. The summed E-state index contributed by atoms with van der Waals surface area (Å²) in [5.41, 5.74) is 0.988. The summed E-state index contributed by atoms with van der Waals surface area (Å²) in [6, 6.07) is 1.91. The van der Waals surface area contributed by atoms with Gasteiger partial charge in [0.1, 0.15) is 0 Å². The van der Waals surface area contributed by atoms with E-state index in [-0.39, 0.29) is 17.7 Å². The molecule has 1 heterocycles. The van der Waals surface area contributed by atoms with Crippen LogP contribution < -0.4 is 0 Å². The van der Waals surface area contributed by atoms with E-state index in [4.69, 9.17) is 0 Å². The van der Waals surface area contributed by atoms with Crippen molar-refractivity contribution in [3.05, 3.63) is 21.9 Å². The number of ketones is 1. The zero-order valence-electron chi connectivity index (χ0n) is 7.78. The molecule has 0 aromatic carbocycles. The molecule has 0 saturated heterocycles. The van der Waals surface area contributed by atoms with Crippen molar-refractivity contribution >= 4 is 23.1 Å². The highest BCUT2D eigenvalue weighted by Crippen LogP contribution is 2.29. The molecule has 0 saturated carbocycles. The van der Waals surface area contributed by atoms with Gasteiger partial charge in [-0.1, -0.05) is 0 Å². The van der Waals surface area contributed by atoms with E-state index < -0.39 is 0 Å². The number of methoxy groups -OCH3 is 1. The summed E-state index contributed by atoms with van der Waals surface area (Å²) in [6.45, 7) is 0. The van der Waals surface area contributed by atoms with Crippen molar-refractivity contribution in [2.75, 3.05) is 7.11 Å². The molecule has 74 valence electrons. The van der Waals surface area contributed by atoms with E-state index in [9.17, 15) is 9.59 Å². The molecule has 1 aromatic heterocycles. The second-order valence-electron chi connectivity index (χ2n) is 3.33. The average molecular weight is 210 g/mol. The first-order valence-corrected chi connectivity index (χ1v) is 5.27. The van der Waals surface area contributed by atoms with Crippen LogP contribution in [0.2, 0.25) is 0 Å². The van der Waals surface area contributed by atoms with E-state index in [0.29, 0.717) is 12.8 Å². The maximum absolute atomic E-state index is 11.6. The molecular formula is C10H10O3S. The fourth-order valence-corrected chi connectivity index (χ4v) is 2.61. The third-order valence-electron chi connectivity index (χ3n) is 2.43. The van der Waals surface area contributed by atoms with Gasteiger partial charge in [0, 0.05) is 6.42 Å². The van der Waals surface area contributed by atoms with E-state index in [0.717, 1.165) is 10.4 Å². The zero-order valence-corrected chi connectivity index (χ0v) is 8.60. The summed E-state index contributed by atoms with van der Waals surface area (Å²) in [4.78, 5) is 23.7. The largest absolute Gasteiger partial charge is 0.469 e. The van der Waals surface area contributed by atoms with Crippen molar-refractivity contribution in [2.45, 2.75) is 12.8 Å². The normalized spacial score (nSPS) is 20.4. The lowest BCUT2D eigenvalue weighted by Gasteiger charge is -2.18. The molecule has 0 aliphatic heterocycles. The highest BCUT2D eigenvalue weighted by molar-refractivity contribution is 7.12. The first-order valence-electron chi connectivity index (χ1n) is 4.39. The van der Waals surface area contributed by atoms with Gasteiger partial charge in [-0.3, -0.25) is 9.59 Å². The smallest absolute Gasteiger partial charge is 0.309 e. The van der Waals surface area contributed by atoms with Gasteiger partial charge in [-0.15, -0.1) is 11.3 Å². The van der Waals surface area contributed by atoms with Crippen molar-refractivity contribution < 1.29 is 14.3 Å². The van der Waals surface area contributed by atoms with Crippen molar-refractivity contribution in [1.29, 1.82) is 0 Å². The summed E-state index contributed by atoms with van der Waals surface area (Å²) in [5, 5.41) is 1.89. The second-order valence-corrected chi connectivity index (χ2v) is 4.24. The molecular weight excluding hydrogens is 200 g/mol. The Morgan fingerprint density at radius 1 is 1.57 bits per heavy atom. The molecule has 1 aromatic rings. The van der Waals surface area contributed by atoms with E-state index in [2.05, 4.69) is 4.74 Å². The molecule has 1 aliphatic carbocycles. The molecule has 14 heavy (non-hydrogen) atoms. The number of carbonyl (C=O) groups excluding carboxylic acids is 2. The van der Waals surface area contributed by atoms with Gasteiger partial charge in [-0.05, 0) is 23.4 Å². The number of fused-ring (bicyclic) bond motifs is 1. The fraction of sp³-hybridized carbons (Fsp3) is 0.400. The van der Waals surface area contributed by atoms with Crippen LogP contribution in [0.15, 0.2) is 11.4 Å². The standard InChI is InChI=1S/C10H10O3S/c1-13-10(12)7-4-6-2-3-14-9(6)8(11)5-7/h2-3,7H,4-5H2,1H3/t7-/m0/s1. The fourth-order valence-electron chi connectivity index (χ4n) is 1.73. The quantitative estimate of drug-likeness (QED) is 0.662. The van der Waals surface area contributed by atoms with Crippen LogP contribution in [-0.2, 0) is 16.0 Å². The summed E-state index contributed by atoms with van der Waals surface area (Å²) in [5.74, 6) is -0.499. The number of hydrogen-bond acceptors (Lipinski definition) is 4. The van der Waals surface area contributed by atoms with E-state index in [1.165, 1.54) is 18.4 Å². The Hall–Kier alpha value is -1.16. The summed E-state index contributed by atoms with van der Waals surface area (Å²) >= 11 is 1.45. The summed E-state index contributed by atoms with van der Waals surface area (Å²) in [6.07, 6.45) is 0.928. The number of carbonyl (C=O) groups is 2. The number of esters is 1. The van der Waals surface area contributed by atoms with Crippen molar-refractivity contribution in [2.24, 2.45) is 5.92 Å². The van der Waals surface area contributed by atoms with Gasteiger partial charge in [0.2, 0.25) is 0 Å². The Balaban J connectivity index is 2.25. The topological polar surface area (TPSA) is 43.4 Å². The molecule has 1 atom stereocenters. The molecule has 0 bridgehead atoms. The molecule has 3 nitrogen and oxygen atoms in total. The number of rotatable bonds is 1. The van der Waals surface area contributed by atoms with Gasteiger partial charge in [0.15, 0.2) is 5.78 Å². The highest BCUT2D eigenvalue weighted by atomic mass is 32.1. The molecule has 0 unspecified atom stereocenters. The van der Waals surface area contributed by atoms with Crippen LogP contribution in [0.25, 0.3) is 0 Å². The third-order valence-corrected chi connectivity index (χ3v) is 3.43. The van der Waals surface area contributed by atoms with Gasteiger partial charge in [-0.25, -0.2) is 0 Å². The van der Waals surface area contributed by atoms with Gasteiger partial charge < -0.3 is 4.74 Å². The van der Waals surface area contributed by atoms with Gasteiger partial charge in [0.05, 0.1) is 17.9 Å². The second kappa shape index (κ2) is 3.53. The summed E-state index contributed by atoms with van der Waals surface area (Å²) < 4.78 is 4.64. The number of Topliss-reactive ketones (excluding diaryl/α,β-unsaturated/α-hetero) is 1. The van der Waals surface area contributed by atoms with Crippen molar-refractivity contribution in [3.63, 3.8) is 0 Å². The Morgan fingerprint density at radius 3 is 3.07 bits per heavy atom. The molecule has 2 rings (SSSR count). The first-order chi connectivity index (χ1) is 6.72. The lowest BCUT2D eigenvalue weighted by atomic mass is 9.88. The van der Waals surface area contributed by atoms with Crippen LogP contribution in [0.1, 0.15) is 21.7 Å². The lowest BCUT2D eigenvalue weighted by Crippen LogP contribution is -2.26. The minimum absolute atomic E-state index is 0.0663. The van der Waals surface area contributed by atoms with Crippen molar-refractivity contribution in [1.82, 2.24) is 0 Å². The third kappa shape index (κ3) is 1.46. The Labute approximate surface area is 85.7 Å². The minimum atomic E-state index is -0.283. The van der Waals surface area contributed by atoms with E-state index in [1.807, 2.05) is 11.4 Å². The van der Waals surface area contributed by atoms with Crippen LogP contribution in [0.5, 0.6) is 0 Å². The lowest BCUT2D eigenvalue weighted by molar-refractivity contribution is -0.145. The maximum Gasteiger partial charge on any atom is 0.309 e. The molecule has 1 aliphatic rings. The minimum Gasteiger partial charge on any atom is -0.469 e. The molecule has 4 heteroatoms. The predicted molar refractivity (Wildman–Crippen MR) is 52.5 cm³/mol. The van der Waals surface area contributed by atoms with E-state index >= 15 is 0 Å². The van der Waals surface area contributed by atoms with Crippen LogP contribution in [-0.4, -0.2) is 18.9 Å². The van der Waals surface area contributed by atoms with Gasteiger partial charge >= 0.3 is 5.97 Å². The number of thiophene rings is 1. The molecule has 0 radical (unpaired) electrons. The highest BCUT2D eigenvalue weighted by Gasteiger charge is 2.31. The van der Waals surface area contributed by atoms with Crippen LogP contribution in [0.4, 0.5) is 0 Å². The Kier molecular flexibility index (Phi) is 2.37. The van der Waals surface area contributed by atoms with Crippen LogP contribution in [0, 0.1) is 5.92 Å². The molecule has 0 spiro atoms. The number of hydrogen-bond donors (Lipinski definition) is 0. The maximum atomic E-state index is 11.6. The number of ether oxygens (including phenoxy) is 1. The van der Waals surface area contributed by atoms with Gasteiger partial charge in [0.25, 0.3) is 0 Å². The van der Waals surface area contributed by atoms with Crippen molar-refractivity contribution in [3.8, 4) is 0 Å². The first kappa shape index (κ1) is 9.40. The Morgan fingerprint density at radius 2 is 2.36 bits per heavy atom. The van der Waals surface area contributed by atoms with Gasteiger partial charge in [-0.2, -0.15) is 0 Å². The summed E-state index contributed by atoms with van der Waals surface area (Å²) in [7, 11) is 1.36. The Bertz CT molecular complexity index is 380. The zero-order chi connectivity index (χ0) is 10.1. The monoisotopic (exact) mass is 210 g/mol. The van der Waals surface area contributed by atoms with Crippen LogP contribution in [0.3, 0.4) is 0 Å². The molecule has 0 N–H and O–H groups in total. The predicted octanol–water partition coefficient (Wildman–Crippen LogP) is 1.67. The SMILES string of the molecule is COC(=O)[C@@H]1CC(=O)c2sccc2C1. The van der Waals surface area contributed by atoms with E-state index in [1.54, 1.807) is 0 Å². The van der Waals surface area contributed by atoms with Crippen LogP contribution >= 0.6 is 11.3 Å². The molecule has 0 amide bonds.